The lowest BCUT2D eigenvalue weighted by Gasteiger charge is -2.36. The summed E-state index contributed by atoms with van der Waals surface area (Å²) < 4.78 is 30.7. The van der Waals surface area contributed by atoms with E-state index >= 15 is 0 Å². The molecule has 1 aliphatic carbocycles. The molecular weight excluding hydrogens is 358 g/mol. The minimum atomic E-state index is -3.51. The Bertz CT molecular complexity index is 581. The average molecular weight is 390 g/mol. The Morgan fingerprint density at radius 2 is 1.73 bits per heavy atom. The third-order valence-corrected chi connectivity index (χ3v) is 6.37. The molecule has 0 aromatic rings. The Morgan fingerprint density at radius 3 is 2.27 bits per heavy atom. The Morgan fingerprint density at radius 1 is 1.12 bits per heavy atom. The first-order chi connectivity index (χ1) is 12.3. The molecule has 0 atom stereocenters. The largest absolute Gasteiger partial charge is 0.450 e. The van der Waals surface area contributed by atoms with Crippen molar-refractivity contribution < 1.29 is 22.7 Å². The van der Waals surface area contributed by atoms with Gasteiger partial charge in [0.15, 0.2) is 0 Å². The molecular formula is C17H31N3O5S. The van der Waals surface area contributed by atoms with E-state index < -0.39 is 10.0 Å². The van der Waals surface area contributed by atoms with Crippen LogP contribution in [0.2, 0.25) is 0 Å². The number of amides is 2. The van der Waals surface area contributed by atoms with Gasteiger partial charge in [-0.3, -0.25) is 4.79 Å². The smallest absolute Gasteiger partial charge is 0.409 e. The number of nitrogens with zero attached hydrogens (tertiary/aromatic N) is 2. The van der Waals surface area contributed by atoms with E-state index in [9.17, 15) is 18.0 Å². The molecule has 26 heavy (non-hydrogen) atoms. The topological polar surface area (TPSA) is 96.0 Å². The number of nitrogens with one attached hydrogen (secondary N) is 1. The van der Waals surface area contributed by atoms with Crippen molar-refractivity contribution in [1.82, 2.24) is 14.5 Å². The maximum atomic E-state index is 12.4. The third kappa shape index (κ3) is 6.12. The first-order valence-corrected chi connectivity index (χ1v) is 11.3. The molecule has 8 nitrogen and oxygen atoms in total. The maximum absolute atomic E-state index is 12.4. The molecule has 2 rings (SSSR count). The zero-order valence-corrected chi connectivity index (χ0v) is 16.6. The second-order valence-electron chi connectivity index (χ2n) is 7.13. The summed E-state index contributed by atoms with van der Waals surface area (Å²) in [4.78, 5) is 25.7. The van der Waals surface area contributed by atoms with Crippen molar-refractivity contribution in [2.75, 3.05) is 32.5 Å². The van der Waals surface area contributed by atoms with Gasteiger partial charge < -0.3 is 15.0 Å². The molecule has 150 valence electrons. The van der Waals surface area contributed by atoms with Gasteiger partial charge >= 0.3 is 6.09 Å². The highest BCUT2D eigenvalue weighted by atomic mass is 32.2. The van der Waals surface area contributed by atoms with Crippen LogP contribution in [-0.2, 0) is 19.6 Å². The number of carbonyl (C=O) groups excluding carboxylic acids is 2. The molecule has 1 heterocycles. The molecule has 1 saturated carbocycles. The van der Waals surface area contributed by atoms with Gasteiger partial charge in [-0.05, 0) is 32.6 Å². The fraction of sp³-hybridized carbons (Fsp3) is 0.882. The minimum Gasteiger partial charge on any atom is -0.450 e. The molecule has 0 spiro atoms. The van der Waals surface area contributed by atoms with Crippen molar-refractivity contribution in [3.63, 3.8) is 0 Å². The van der Waals surface area contributed by atoms with Crippen LogP contribution in [0.25, 0.3) is 0 Å². The minimum absolute atomic E-state index is 0.153. The van der Waals surface area contributed by atoms with Gasteiger partial charge in [-0.1, -0.05) is 19.3 Å². The zero-order chi connectivity index (χ0) is 19.2. The molecule has 0 aromatic carbocycles. The van der Waals surface area contributed by atoms with E-state index in [0.717, 1.165) is 31.9 Å². The standard InChI is InChI=1S/C17H31N3O5S/c1-3-25-17(22)19-11-9-15(10-12-19)20(26(2,23)24)13-16(21)18-14-7-5-4-6-8-14/h14-15H,3-13H2,1-2H3,(H,18,21). The third-order valence-electron chi connectivity index (χ3n) is 5.09. The quantitative estimate of drug-likeness (QED) is 0.739. The first kappa shape index (κ1) is 21.0. The number of likely N-dealkylation sites (tertiary alicyclic amines) is 1. The molecule has 1 N–H and O–H groups in total. The number of hydrogen-bond donors (Lipinski definition) is 1. The van der Waals surface area contributed by atoms with Gasteiger partial charge in [0, 0.05) is 25.2 Å². The highest BCUT2D eigenvalue weighted by molar-refractivity contribution is 7.88. The van der Waals surface area contributed by atoms with Crippen molar-refractivity contribution in [2.45, 2.75) is 64.0 Å². The summed E-state index contributed by atoms with van der Waals surface area (Å²) in [5.41, 5.74) is 0. The van der Waals surface area contributed by atoms with Crippen molar-refractivity contribution in [3.8, 4) is 0 Å². The number of ether oxygens (including phenoxy) is 1. The van der Waals surface area contributed by atoms with Gasteiger partial charge in [0.1, 0.15) is 0 Å². The van der Waals surface area contributed by atoms with Crippen LogP contribution in [0, 0.1) is 0 Å². The first-order valence-electron chi connectivity index (χ1n) is 9.49. The van der Waals surface area contributed by atoms with Crippen molar-refractivity contribution in [2.24, 2.45) is 0 Å². The zero-order valence-electron chi connectivity index (χ0n) is 15.8. The summed E-state index contributed by atoms with van der Waals surface area (Å²) in [6.07, 6.45) is 7.10. The number of rotatable bonds is 6. The van der Waals surface area contributed by atoms with Crippen molar-refractivity contribution in [1.29, 1.82) is 0 Å². The highest BCUT2D eigenvalue weighted by Crippen LogP contribution is 2.20. The van der Waals surface area contributed by atoms with Crippen LogP contribution in [0.1, 0.15) is 51.9 Å². The molecule has 9 heteroatoms. The van der Waals surface area contributed by atoms with Gasteiger partial charge in [-0.2, -0.15) is 4.31 Å². The van der Waals surface area contributed by atoms with Crippen molar-refractivity contribution >= 4 is 22.0 Å². The van der Waals surface area contributed by atoms with Crippen LogP contribution < -0.4 is 5.32 Å². The molecule has 0 bridgehead atoms. The molecule has 1 saturated heterocycles. The molecule has 1 aliphatic heterocycles. The van der Waals surface area contributed by atoms with E-state index in [4.69, 9.17) is 4.74 Å². The van der Waals surface area contributed by atoms with Gasteiger partial charge in [-0.15, -0.1) is 0 Å². The monoisotopic (exact) mass is 389 g/mol. The van der Waals surface area contributed by atoms with E-state index in [1.807, 2.05) is 0 Å². The number of piperidine rings is 1. The predicted octanol–water partition coefficient (Wildman–Crippen LogP) is 1.32. The molecule has 2 aliphatic rings. The Labute approximate surface area is 156 Å². The average Bonchev–Trinajstić information content (AvgIpc) is 2.60. The maximum Gasteiger partial charge on any atom is 0.409 e. The molecule has 0 radical (unpaired) electrons. The van der Waals surface area contributed by atoms with E-state index in [1.54, 1.807) is 11.8 Å². The van der Waals surface area contributed by atoms with Gasteiger partial charge in [0.25, 0.3) is 0 Å². The van der Waals surface area contributed by atoms with Crippen LogP contribution in [0.3, 0.4) is 0 Å². The SMILES string of the molecule is CCOC(=O)N1CCC(N(CC(=O)NC2CCCCC2)S(C)(=O)=O)CC1. The number of hydrogen-bond acceptors (Lipinski definition) is 5. The summed E-state index contributed by atoms with van der Waals surface area (Å²) in [5.74, 6) is -0.241. The summed E-state index contributed by atoms with van der Waals surface area (Å²) in [7, 11) is -3.51. The fourth-order valence-corrected chi connectivity index (χ4v) is 4.83. The fourth-order valence-electron chi connectivity index (χ4n) is 3.73. The van der Waals surface area contributed by atoms with Gasteiger partial charge in [-0.25, -0.2) is 13.2 Å². The lowest BCUT2D eigenvalue weighted by Crippen LogP contribution is -2.52. The van der Waals surface area contributed by atoms with Crippen LogP contribution in [0.15, 0.2) is 0 Å². The lowest BCUT2D eigenvalue weighted by molar-refractivity contribution is -0.122. The Balaban J connectivity index is 1.91. The Kier molecular flexibility index (Phi) is 7.69. The number of sulfonamides is 1. The number of carbonyl (C=O) groups is 2. The van der Waals surface area contributed by atoms with Crippen LogP contribution in [0.5, 0.6) is 0 Å². The predicted molar refractivity (Wildman–Crippen MR) is 98.2 cm³/mol. The molecule has 2 fully saturated rings. The summed E-state index contributed by atoms with van der Waals surface area (Å²) >= 11 is 0. The summed E-state index contributed by atoms with van der Waals surface area (Å²) in [5, 5.41) is 2.97. The summed E-state index contributed by atoms with van der Waals surface area (Å²) in [6, 6.07) is -0.115. The van der Waals surface area contributed by atoms with Gasteiger partial charge in [0.05, 0.1) is 19.4 Å². The van der Waals surface area contributed by atoms with E-state index in [0.29, 0.717) is 32.5 Å². The van der Waals surface area contributed by atoms with Gasteiger partial charge in [0.2, 0.25) is 15.9 Å². The molecule has 0 aromatic heterocycles. The van der Waals surface area contributed by atoms with Crippen LogP contribution in [0.4, 0.5) is 4.79 Å². The molecule has 2 amide bonds. The second kappa shape index (κ2) is 9.55. The molecule has 0 unspecified atom stereocenters. The highest BCUT2D eigenvalue weighted by Gasteiger charge is 2.33. The summed E-state index contributed by atoms with van der Waals surface area (Å²) in [6.45, 7) is 2.77. The van der Waals surface area contributed by atoms with E-state index in [-0.39, 0.29) is 30.6 Å². The lowest BCUT2D eigenvalue weighted by atomic mass is 9.95. The van der Waals surface area contributed by atoms with E-state index in [2.05, 4.69) is 5.32 Å². The van der Waals surface area contributed by atoms with E-state index in [1.165, 1.54) is 10.7 Å². The normalized spacial score (nSPS) is 20.2. The van der Waals surface area contributed by atoms with Crippen LogP contribution in [-0.4, -0.2) is 74.2 Å². The van der Waals surface area contributed by atoms with Crippen molar-refractivity contribution in [3.05, 3.63) is 0 Å². The Hall–Kier alpha value is -1.35. The second-order valence-corrected chi connectivity index (χ2v) is 9.06. The van der Waals surface area contributed by atoms with Crippen LogP contribution >= 0.6 is 0 Å².